The summed E-state index contributed by atoms with van der Waals surface area (Å²) in [7, 11) is 0. The van der Waals surface area contributed by atoms with E-state index in [0.717, 1.165) is 11.1 Å². The molecular weight excluding hydrogens is 240 g/mol. The van der Waals surface area contributed by atoms with Crippen LogP contribution in [0.2, 0.25) is 0 Å². The number of pyridine rings is 2. The molecule has 0 aliphatic heterocycles. The Labute approximate surface area is 109 Å². The molecule has 0 spiro atoms. The zero-order valence-corrected chi connectivity index (χ0v) is 10.2. The molecule has 0 atom stereocenters. The van der Waals surface area contributed by atoms with Gasteiger partial charge in [-0.15, -0.1) is 0 Å². The quantitative estimate of drug-likeness (QED) is 0.771. The van der Waals surface area contributed by atoms with E-state index in [-0.39, 0.29) is 5.91 Å². The number of carbonyl (C=O) groups is 1. The van der Waals surface area contributed by atoms with Gasteiger partial charge in [0.15, 0.2) is 5.69 Å². The maximum absolute atomic E-state index is 12.0. The Hall–Kier alpha value is -2.69. The van der Waals surface area contributed by atoms with Crippen LogP contribution in [0.3, 0.4) is 0 Å². The molecule has 5 nitrogen and oxygen atoms in total. The van der Waals surface area contributed by atoms with Gasteiger partial charge in [0, 0.05) is 25.1 Å². The molecule has 3 heterocycles. The maximum atomic E-state index is 12.0. The Kier molecular flexibility index (Phi) is 2.94. The van der Waals surface area contributed by atoms with Crippen molar-refractivity contribution in [3.63, 3.8) is 0 Å². The summed E-state index contributed by atoms with van der Waals surface area (Å²) in [6, 6.07) is 11.2. The number of amides is 1. The van der Waals surface area contributed by atoms with Crippen molar-refractivity contribution in [2.24, 2.45) is 0 Å². The van der Waals surface area contributed by atoms with Gasteiger partial charge in [-0.1, -0.05) is 6.07 Å². The summed E-state index contributed by atoms with van der Waals surface area (Å²) in [6.07, 6.45) is 5.22. The predicted molar refractivity (Wildman–Crippen MR) is 70.6 cm³/mol. The van der Waals surface area contributed by atoms with Crippen molar-refractivity contribution in [2.75, 3.05) is 0 Å². The third-order valence-electron chi connectivity index (χ3n) is 2.81. The van der Waals surface area contributed by atoms with E-state index in [4.69, 9.17) is 0 Å². The Bertz CT molecular complexity index is 673. The second-order valence-electron chi connectivity index (χ2n) is 4.14. The van der Waals surface area contributed by atoms with Crippen molar-refractivity contribution < 1.29 is 4.79 Å². The lowest BCUT2D eigenvalue weighted by atomic mass is 10.2. The van der Waals surface area contributed by atoms with Crippen molar-refractivity contribution in [1.29, 1.82) is 0 Å². The second kappa shape index (κ2) is 4.89. The number of nitrogens with one attached hydrogen (secondary N) is 1. The summed E-state index contributed by atoms with van der Waals surface area (Å²) in [4.78, 5) is 15.9. The highest BCUT2D eigenvalue weighted by atomic mass is 16.1. The van der Waals surface area contributed by atoms with Crippen molar-refractivity contribution in [3.05, 3.63) is 66.2 Å². The molecule has 0 bridgehead atoms. The first-order valence-electron chi connectivity index (χ1n) is 5.94. The fourth-order valence-corrected chi connectivity index (χ4v) is 1.82. The number of carbonyl (C=O) groups excluding carboxylic acids is 1. The standard InChI is InChI=1S/C14H12N4O/c19-14(16-10-11-4-6-15-7-5-11)13-9-12-3-1-2-8-18(12)17-13/h1-9H,10H2,(H,16,19). The molecule has 0 aliphatic carbocycles. The number of rotatable bonds is 3. The van der Waals surface area contributed by atoms with Gasteiger partial charge in [-0.2, -0.15) is 5.10 Å². The van der Waals surface area contributed by atoms with Gasteiger partial charge in [0.25, 0.3) is 5.91 Å². The zero-order chi connectivity index (χ0) is 13.1. The van der Waals surface area contributed by atoms with Gasteiger partial charge in [-0.05, 0) is 35.9 Å². The average molecular weight is 252 g/mol. The van der Waals surface area contributed by atoms with E-state index in [1.54, 1.807) is 23.0 Å². The van der Waals surface area contributed by atoms with E-state index < -0.39 is 0 Å². The Morgan fingerprint density at radius 2 is 2.05 bits per heavy atom. The summed E-state index contributed by atoms with van der Waals surface area (Å²) in [6.45, 7) is 0.467. The second-order valence-corrected chi connectivity index (χ2v) is 4.14. The van der Waals surface area contributed by atoms with Crippen LogP contribution >= 0.6 is 0 Å². The third kappa shape index (κ3) is 2.44. The molecular formula is C14H12N4O. The predicted octanol–water partition coefficient (Wildman–Crippen LogP) is 1.66. The van der Waals surface area contributed by atoms with E-state index in [9.17, 15) is 4.79 Å². The molecule has 0 unspecified atom stereocenters. The SMILES string of the molecule is O=C(NCc1ccncc1)c1cc2ccccn2n1. The zero-order valence-electron chi connectivity index (χ0n) is 10.2. The summed E-state index contributed by atoms with van der Waals surface area (Å²) < 4.78 is 1.68. The number of fused-ring (bicyclic) bond motifs is 1. The molecule has 3 rings (SSSR count). The molecule has 0 radical (unpaired) electrons. The highest BCUT2D eigenvalue weighted by molar-refractivity contribution is 5.93. The van der Waals surface area contributed by atoms with Crippen molar-refractivity contribution >= 4 is 11.4 Å². The smallest absolute Gasteiger partial charge is 0.272 e. The van der Waals surface area contributed by atoms with Gasteiger partial charge in [0.2, 0.25) is 0 Å². The molecule has 3 aromatic rings. The highest BCUT2D eigenvalue weighted by Gasteiger charge is 2.09. The Balaban J connectivity index is 1.73. The van der Waals surface area contributed by atoms with Crippen LogP contribution < -0.4 is 5.32 Å². The topological polar surface area (TPSA) is 59.3 Å². The van der Waals surface area contributed by atoms with Gasteiger partial charge in [0.05, 0.1) is 5.52 Å². The molecule has 3 aromatic heterocycles. The summed E-state index contributed by atoms with van der Waals surface area (Å²) >= 11 is 0. The van der Waals surface area contributed by atoms with Crippen molar-refractivity contribution in [2.45, 2.75) is 6.54 Å². The van der Waals surface area contributed by atoms with Crippen LogP contribution in [-0.2, 0) is 6.54 Å². The van der Waals surface area contributed by atoms with E-state index in [1.807, 2.05) is 36.5 Å². The Morgan fingerprint density at radius 1 is 1.21 bits per heavy atom. The van der Waals surface area contributed by atoms with E-state index in [0.29, 0.717) is 12.2 Å². The van der Waals surface area contributed by atoms with Gasteiger partial charge >= 0.3 is 0 Å². The molecule has 1 N–H and O–H groups in total. The highest BCUT2D eigenvalue weighted by Crippen LogP contribution is 2.06. The van der Waals surface area contributed by atoms with Gasteiger partial charge in [-0.3, -0.25) is 9.78 Å². The number of hydrogen-bond donors (Lipinski definition) is 1. The Morgan fingerprint density at radius 3 is 2.84 bits per heavy atom. The molecule has 0 aliphatic rings. The molecule has 5 heteroatoms. The molecule has 94 valence electrons. The molecule has 19 heavy (non-hydrogen) atoms. The van der Waals surface area contributed by atoms with Crippen LogP contribution in [0.4, 0.5) is 0 Å². The fourth-order valence-electron chi connectivity index (χ4n) is 1.82. The number of hydrogen-bond acceptors (Lipinski definition) is 3. The summed E-state index contributed by atoms with van der Waals surface area (Å²) in [5, 5.41) is 7.05. The lowest BCUT2D eigenvalue weighted by molar-refractivity contribution is 0.0945. The minimum atomic E-state index is -0.180. The fraction of sp³-hybridized carbons (Fsp3) is 0.0714. The minimum Gasteiger partial charge on any atom is -0.347 e. The van der Waals surface area contributed by atoms with E-state index >= 15 is 0 Å². The van der Waals surface area contributed by atoms with Gasteiger partial charge in [-0.25, -0.2) is 4.52 Å². The van der Waals surface area contributed by atoms with Gasteiger partial charge < -0.3 is 5.32 Å². The lowest BCUT2D eigenvalue weighted by Crippen LogP contribution is -2.23. The van der Waals surface area contributed by atoms with Crippen LogP contribution in [0.1, 0.15) is 16.1 Å². The molecule has 0 saturated heterocycles. The molecule has 0 saturated carbocycles. The third-order valence-corrected chi connectivity index (χ3v) is 2.81. The first-order chi connectivity index (χ1) is 9.33. The monoisotopic (exact) mass is 252 g/mol. The van der Waals surface area contributed by atoms with Crippen LogP contribution in [0, 0.1) is 0 Å². The largest absolute Gasteiger partial charge is 0.347 e. The van der Waals surface area contributed by atoms with Crippen LogP contribution in [0.25, 0.3) is 5.52 Å². The van der Waals surface area contributed by atoms with Gasteiger partial charge in [0.1, 0.15) is 0 Å². The maximum Gasteiger partial charge on any atom is 0.272 e. The number of nitrogens with zero attached hydrogens (tertiary/aromatic N) is 3. The number of aromatic nitrogens is 3. The lowest BCUT2D eigenvalue weighted by Gasteiger charge is -2.02. The van der Waals surface area contributed by atoms with E-state index in [2.05, 4.69) is 15.4 Å². The summed E-state index contributed by atoms with van der Waals surface area (Å²) in [5.74, 6) is -0.180. The average Bonchev–Trinajstić information content (AvgIpc) is 2.90. The molecule has 1 amide bonds. The summed E-state index contributed by atoms with van der Waals surface area (Å²) in [5.41, 5.74) is 2.32. The van der Waals surface area contributed by atoms with Crippen molar-refractivity contribution in [3.8, 4) is 0 Å². The first-order valence-corrected chi connectivity index (χ1v) is 5.94. The van der Waals surface area contributed by atoms with Crippen molar-refractivity contribution in [1.82, 2.24) is 19.9 Å². The molecule has 0 fully saturated rings. The normalized spacial score (nSPS) is 10.5. The van der Waals surface area contributed by atoms with Crippen LogP contribution in [0.15, 0.2) is 55.0 Å². The first kappa shape index (κ1) is 11.4. The van der Waals surface area contributed by atoms with Crippen LogP contribution in [0.5, 0.6) is 0 Å². The van der Waals surface area contributed by atoms with Crippen LogP contribution in [-0.4, -0.2) is 20.5 Å². The molecule has 0 aromatic carbocycles. The van der Waals surface area contributed by atoms with E-state index in [1.165, 1.54) is 0 Å². The minimum absolute atomic E-state index is 0.180.